The number of hydrogen-bond donors (Lipinski definition) is 0. The van der Waals surface area contributed by atoms with Crippen LogP contribution in [0.2, 0.25) is 5.02 Å². The van der Waals surface area contributed by atoms with Crippen LogP contribution >= 0.6 is 11.6 Å². The molecule has 2 aliphatic heterocycles. The van der Waals surface area contributed by atoms with E-state index in [1.807, 2.05) is 44.0 Å². The fourth-order valence-electron chi connectivity index (χ4n) is 5.53. The molecule has 0 N–H and O–H groups in total. The summed E-state index contributed by atoms with van der Waals surface area (Å²) < 4.78 is 13.8. The molecule has 1 aromatic heterocycles. The molecule has 9 heteroatoms. The van der Waals surface area contributed by atoms with Gasteiger partial charge in [0.1, 0.15) is 5.75 Å². The molecule has 2 aliphatic rings. The Kier molecular flexibility index (Phi) is 8.48. The second-order valence-electron chi connectivity index (χ2n) is 10.6. The molecule has 0 radical (unpaired) electrons. The Morgan fingerprint density at radius 3 is 2.58 bits per heavy atom. The number of likely N-dealkylation sites (N-methyl/N-ethyl adjacent to an activating group) is 1. The van der Waals surface area contributed by atoms with E-state index < -0.39 is 0 Å². The van der Waals surface area contributed by atoms with Crippen LogP contribution in [0.1, 0.15) is 36.1 Å². The third-order valence-electron chi connectivity index (χ3n) is 7.66. The van der Waals surface area contributed by atoms with Gasteiger partial charge in [0.15, 0.2) is 0 Å². The summed E-state index contributed by atoms with van der Waals surface area (Å²) in [5.74, 6) is 1.83. The van der Waals surface area contributed by atoms with Crippen molar-refractivity contribution in [2.24, 2.45) is 12.5 Å². The molecule has 36 heavy (non-hydrogen) atoms. The molecule has 2 fully saturated rings. The highest BCUT2D eigenvalue weighted by Crippen LogP contribution is 2.37. The van der Waals surface area contributed by atoms with Crippen LogP contribution in [0, 0.1) is 19.3 Å². The van der Waals surface area contributed by atoms with Crippen LogP contribution in [0.3, 0.4) is 0 Å². The predicted molar refractivity (Wildman–Crippen MR) is 142 cm³/mol. The lowest BCUT2D eigenvalue weighted by Crippen LogP contribution is -2.52. The molecule has 2 aromatic rings. The van der Waals surface area contributed by atoms with Crippen molar-refractivity contribution in [1.82, 2.24) is 24.5 Å². The Morgan fingerprint density at radius 1 is 1.14 bits per heavy atom. The molecule has 0 unspecified atom stereocenters. The van der Waals surface area contributed by atoms with Gasteiger partial charge in [-0.25, -0.2) is 4.68 Å². The molecule has 0 aliphatic carbocycles. The van der Waals surface area contributed by atoms with Crippen molar-refractivity contribution in [1.29, 1.82) is 0 Å². The van der Waals surface area contributed by atoms with Gasteiger partial charge in [0, 0.05) is 63.2 Å². The number of halogens is 1. The maximum absolute atomic E-state index is 13.5. The molecule has 1 atom stereocenters. The van der Waals surface area contributed by atoms with E-state index in [1.54, 1.807) is 11.8 Å². The number of ether oxygens (including phenoxy) is 2. The first-order chi connectivity index (χ1) is 17.2. The van der Waals surface area contributed by atoms with Crippen LogP contribution in [0.15, 0.2) is 18.2 Å². The summed E-state index contributed by atoms with van der Waals surface area (Å²) in [6.45, 7) is 10.4. The van der Waals surface area contributed by atoms with Crippen LogP contribution in [-0.4, -0.2) is 90.4 Å². The summed E-state index contributed by atoms with van der Waals surface area (Å²) >= 11 is 6.22. The third-order valence-corrected chi connectivity index (χ3v) is 8.09. The molecule has 0 saturated carbocycles. The van der Waals surface area contributed by atoms with Gasteiger partial charge in [-0.3, -0.25) is 9.69 Å². The van der Waals surface area contributed by atoms with Crippen molar-refractivity contribution in [2.75, 3.05) is 60.0 Å². The Bertz CT molecular complexity index is 1070. The zero-order valence-electron chi connectivity index (χ0n) is 22.3. The van der Waals surface area contributed by atoms with Crippen LogP contribution in [0.25, 0.3) is 0 Å². The second kappa shape index (κ2) is 11.4. The molecule has 1 amide bonds. The maximum atomic E-state index is 13.5. The fourth-order valence-corrected chi connectivity index (χ4v) is 5.65. The number of rotatable bonds is 8. The molecule has 1 aromatic carbocycles. The fraction of sp³-hybridized carbons (Fsp3) is 0.630. The van der Waals surface area contributed by atoms with Crippen LogP contribution in [0.5, 0.6) is 11.6 Å². The predicted octanol–water partition coefficient (Wildman–Crippen LogP) is 3.52. The van der Waals surface area contributed by atoms with E-state index >= 15 is 0 Å². The number of piperidine rings is 1. The van der Waals surface area contributed by atoms with E-state index in [2.05, 4.69) is 21.9 Å². The quantitative estimate of drug-likeness (QED) is 0.534. The van der Waals surface area contributed by atoms with Crippen molar-refractivity contribution in [3.63, 3.8) is 0 Å². The van der Waals surface area contributed by atoms with E-state index in [9.17, 15) is 4.79 Å². The van der Waals surface area contributed by atoms with Gasteiger partial charge < -0.3 is 19.3 Å². The lowest BCUT2D eigenvalue weighted by atomic mass is 9.77. The average Bonchev–Trinajstić information content (AvgIpc) is 3.12. The highest BCUT2D eigenvalue weighted by Gasteiger charge is 2.40. The number of aryl methyl sites for hydroxylation is 3. The minimum atomic E-state index is -0.268. The number of likely N-dealkylation sites (tertiary alicyclic amines) is 1. The van der Waals surface area contributed by atoms with E-state index in [0.717, 1.165) is 92.1 Å². The summed E-state index contributed by atoms with van der Waals surface area (Å²) in [7, 11) is 5.71. The van der Waals surface area contributed by atoms with E-state index in [1.165, 1.54) is 0 Å². The van der Waals surface area contributed by atoms with Gasteiger partial charge in [0.05, 0.1) is 25.0 Å². The smallest absolute Gasteiger partial charge is 0.223 e. The number of aromatic nitrogens is 2. The second-order valence-corrected chi connectivity index (χ2v) is 11.0. The van der Waals surface area contributed by atoms with Crippen molar-refractivity contribution in [3.8, 4) is 11.6 Å². The molecule has 0 spiro atoms. The Morgan fingerprint density at radius 2 is 1.89 bits per heavy atom. The number of carbonyl (C=O) groups is 1. The molecule has 4 rings (SSSR count). The van der Waals surface area contributed by atoms with E-state index in [-0.39, 0.29) is 11.3 Å². The molecular formula is C27H40ClN5O3. The van der Waals surface area contributed by atoms with Crippen molar-refractivity contribution in [3.05, 3.63) is 40.0 Å². The highest BCUT2D eigenvalue weighted by atomic mass is 35.5. The molecular weight excluding hydrogens is 478 g/mol. The molecule has 0 bridgehead atoms. The zero-order chi connectivity index (χ0) is 25.9. The van der Waals surface area contributed by atoms with Gasteiger partial charge in [0.25, 0.3) is 0 Å². The molecule has 8 nitrogen and oxygen atoms in total. The highest BCUT2D eigenvalue weighted by molar-refractivity contribution is 6.31. The Balaban J connectivity index is 1.53. The first-order valence-corrected chi connectivity index (χ1v) is 13.2. The first-order valence-electron chi connectivity index (χ1n) is 12.8. The van der Waals surface area contributed by atoms with Gasteiger partial charge in [-0.05, 0) is 64.0 Å². The lowest BCUT2D eigenvalue weighted by molar-refractivity contribution is -0.137. The molecule has 198 valence electrons. The number of benzene rings is 1. The zero-order valence-corrected chi connectivity index (χ0v) is 23.1. The summed E-state index contributed by atoms with van der Waals surface area (Å²) in [6.07, 6.45) is 2.46. The van der Waals surface area contributed by atoms with Gasteiger partial charge in [0.2, 0.25) is 11.8 Å². The minimum Gasteiger partial charge on any atom is -0.493 e. The van der Waals surface area contributed by atoms with Gasteiger partial charge in [-0.2, -0.15) is 5.10 Å². The van der Waals surface area contributed by atoms with Gasteiger partial charge in [-0.1, -0.05) is 11.6 Å². The summed E-state index contributed by atoms with van der Waals surface area (Å²) in [5.41, 5.74) is 2.80. The largest absolute Gasteiger partial charge is 0.493 e. The minimum absolute atomic E-state index is 0.232. The summed E-state index contributed by atoms with van der Waals surface area (Å²) in [5, 5.41) is 5.28. The van der Waals surface area contributed by atoms with Crippen molar-refractivity contribution < 1.29 is 14.3 Å². The number of hydrogen-bond acceptors (Lipinski definition) is 6. The lowest BCUT2D eigenvalue weighted by Gasteiger charge is -2.43. The molecule has 3 heterocycles. The van der Waals surface area contributed by atoms with Crippen molar-refractivity contribution >= 4 is 17.5 Å². The number of piperazine rings is 1. The number of carbonyl (C=O) groups excluding carboxylic acids is 1. The average molecular weight is 518 g/mol. The van der Waals surface area contributed by atoms with E-state index in [0.29, 0.717) is 13.0 Å². The summed E-state index contributed by atoms with van der Waals surface area (Å²) in [4.78, 5) is 20.2. The number of methoxy groups -OCH3 is 1. The Hall–Kier alpha value is -2.29. The van der Waals surface area contributed by atoms with Crippen molar-refractivity contribution in [2.45, 2.75) is 39.7 Å². The first kappa shape index (κ1) is 26.8. The normalized spacial score (nSPS) is 21.6. The maximum Gasteiger partial charge on any atom is 0.223 e. The monoisotopic (exact) mass is 517 g/mol. The topological polar surface area (TPSA) is 63.1 Å². The number of amides is 1. The van der Waals surface area contributed by atoms with E-state index in [4.69, 9.17) is 21.1 Å². The SMILES string of the molecule is COc1c(CN2CCC[C@](COc3ccc(Cl)c(C)c3)(CC(=O)N3CCN(C)CC3)C2)c(C)nn1C. The van der Waals surface area contributed by atoms with Crippen LogP contribution in [-0.2, 0) is 18.4 Å². The van der Waals surface area contributed by atoms with Crippen LogP contribution in [0.4, 0.5) is 0 Å². The van der Waals surface area contributed by atoms with Gasteiger partial charge in [-0.15, -0.1) is 0 Å². The van der Waals surface area contributed by atoms with Crippen LogP contribution < -0.4 is 9.47 Å². The Labute approximate surface area is 220 Å². The summed E-state index contributed by atoms with van der Waals surface area (Å²) in [6, 6.07) is 5.76. The standard InChI is InChI=1S/C27H40ClN5O3/c1-20-15-22(7-8-24(20)28)36-19-27(16-25(34)33-13-11-30(3)12-14-33)9-6-10-32(18-27)17-23-21(2)29-31(4)26(23)35-5/h7-8,15H,6,9-14,16-19H2,1-5H3/t27-/m0/s1. The number of nitrogens with zero attached hydrogens (tertiary/aromatic N) is 5. The van der Waals surface area contributed by atoms with Gasteiger partial charge >= 0.3 is 0 Å². The molecule has 2 saturated heterocycles. The third kappa shape index (κ3) is 6.15.